The molecule has 1 aromatic rings. The molecule has 0 atom stereocenters. The van der Waals surface area contributed by atoms with Gasteiger partial charge in [0.1, 0.15) is 0 Å². The Morgan fingerprint density at radius 3 is 2.86 bits per heavy atom. The monoisotopic (exact) mass is 332 g/mol. The first-order chi connectivity index (χ1) is 10.1. The topological polar surface area (TPSA) is 67.4 Å². The van der Waals surface area contributed by atoms with Gasteiger partial charge in [-0.1, -0.05) is 6.92 Å². The minimum absolute atomic E-state index is 0.383. The summed E-state index contributed by atoms with van der Waals surface area (Å²) >= 11 is 1.49. The zero-order valence-electron chi connectivity index (χ0n) is 12.4. The van der Waals surface area contributed by atoms with Crippen molar-refractivity contribution in [3.8, 4) is 0 Å². The Bertz CT molecular complexity index is 522. The highest BCUT2D eigenvalue weighted by atomic mass is 32.2. The first-order valence-corrected chi connectivity index (χ1v) is 9.84. The maximum Gasteiger partial charge on any atom is 0.241 e. The molecule has 0 unspecified atom stereocenters. The lowest BCUT2D eigenvalue weighted by Gasteiger charge is -2.22. The maximum absolute atomic E-state index is 12.4. The van der Waals surface area contributed by atoms with Gasteiger partial charge in [0.05, 0.1) is 4.90 Å². The first-order valence-electron chi connectivity index (χ1n) is 7.48. The van der Waals surface area contributed by atoms with Crippen molar-refractivity contribution in [1.29, 1.82) is 0 Å². The van der Waals surface area contributed by atoms with Crippen LogP contribution >= 0.6 is 11.3 Å². The van der Waals surface area contributed by atoms with Gasteiger partial charge in [0.15, 0.2) is 0 Å². The molecule has 0 bridgehead atoms. The first kappa shape index (κ1) is 16.9. The van der Waals surface area contributed by atoms with Crippen molar-refractivity contribution in [2.24, 2.45) is 5.92 Å². The molecule has 0 aromatic carbocycles. The van der Waals surface area contributed by atoms with Gasteiger partial charge in [-0.3, -0.25) is 0 Å². The highest BCUT2D eigenvalue weighted by molar-refractivity contribution is 7.89. The van der Waals surface area contributed by atoms with E-state index in [1.807, 2.05) is 5.38 Å². The number of hydrogen-bond acceptors (Lipinski definition) is 5. The summed E-state index contributed by atoms with van der Waals surface area (Å²) in [6.07, 6.45) is 2.89. The van der Waals surface area contributed by atoms with Crippen molar-refractivity contribution >= 4 is 21.4 Å². The lowest BCUT2D eigenvalue weighted by atomic mass is 10.0. The second-order valence-electron chi connectivity index (χ2n) is 5.29. The summed E-state index contributed by atoms with van der Waals surface area (Å²) in [6.45, 7) is 5.57. The molecule has 0 radical (unpaired) electrons. The predicted molar refractivity (Wildman–Crippen MR) is 85.0 cm³/mol. The molecule has 5 nitrogen and oxygen atoms in total. The van der Waals surface area contributed by atoms with Gasteiger partial charge < -0.3 is 10.1 Å². The molecule has 0 saturated carbocycles. The maximum atomic E-state index is 12.4. The quantitative estimate of drug-likeness (QED) is 0.714. The van der Waals surface area contributed by atoms with Crippen molar-refractivity contribution in [3.63, 3.8) is 0 Å². The molecular formula is C14H24N2O3S2. The number of hydrogen-bond donors (Lipinski definition) is 2. The summed E-state index contributed by atoms with van der Waals surface area (Å²) < 4.78 is 32.9. The van der Waals surface area contributed by atoms with Crippen molar-refractivity contribution in [3.05, 3.63) is 16.3 Å². The number of nitrogens with one attached hydrogen (secondary N) is 2. The van der Waals surface area contributed by atoms with Crippen LogP contribution in [0, 0.1) is 5.92 Å². The summed E-state index contributed by atoms with van der Waals surface area (Å²) in [5.74, 6) is 0.383. The largest absolute Gasteiger partial charge is 0.381 e. The molecule has 2 heterocycles. The van der Waals surface area contributed by atoms with Gasteiger partial charge >= 0.3 is 0 Å². The van der Waals surface area contributed by atoms with Crippen LogP contribution in [0.2, 0.25) is 0 Å². The fourth-order valence-corrected chi connectivity index (χ4v) is 4.86. The molecule has 1 aliphatic heterocycles. The molecular weight excluding hydrogens is 308 g/mol. The average molecular weight is 332 g/mol. The Morgan fingerprint density at radius 2 is 2.14 bits per heavy atom. The zero-order chi connectivity index (χ0) is 15.1. The highest BCUT2D eigenvalue weighted by Crippen LogP contribution is 2.22. The Morgan fingerprint density at radius 1 is 1.38 bits per heavy atom. The average Bonchev–Trinajstić information content (AvgIpc) is 2.96. The van der Waals surface area contributed by atoms with E-state index in [4.69, 9.17) is 4.74 Å². The van der Waals surface area contributed by atoms with Crippen LogP contribution in [0.3, 0.4) is 0 Å². The Hall–Kier alpha value is -0.470. The van der Waals surface area contributed by atoms with Crippen LogP contribution in [0.25, 0.3) is 0 Å². The molecule has 1 aromatic heterocycles. The summed E-state index contributed by atoms with van der Waals surface area (Å²) in [7, 11) is -3.40. The summed E-state index contributed by atoms with van der Waals surface area (Å²) in [5.41, 5.74) is 0. The van der Waals surface area contributed by atoms with Crippen LogP contribution < -0.4 is 10.0 Å². The molecule has 7 heteroatoms. The summed E-state index contributed by atoms with van der Waals surface area (Å²) in [6, 6.07) is 1.69. The van der Waals surface area contributed by atoms with E-state index in [1.165, 1.54) is 11.3 Å². The summed E-state index contributed by atoms with van der Waals surface area (Å²) in [5, 5.41) is 5.10. The third-order valence-electron chi connectivity index (χ3n) is 3.61. The third-order valence-corrected chi connectivity index (χ3v) is 6.17. The van der Waals surface area contributed by atoms with Gasteiger partial charge in [-0.2, -0.15) is 0 Å². The Kier molecular flexibility index (Phi) is 6.63. The highest BCUT2D eigenvalue weighted by Gasteiger charge is 2.22. The van der Waals surface area contributed by atoms with Crippen LogP contribution in [-0.4, -0.2) is 34.7 Å². The molecule has 120 valence electrons. The van der Waals surface area contributed by atoms with E-state index in [0.29, 0.717) is 23.9 Å². The van der Waals surface area contributed by atoms with Crippen LogP contribution in [0.4, 0.5) is 0 Å². The fraction of sp³-hybridized carbons (Fsp3) is 0.714. The molecule has 0 amide bonds. The van der Waals surface area contributed by atoms with Gasteiger partial charge in [-0.05, 0) is 43.2 Å². The SMILES string of the molecule is CCCNCc1sccc1S(=O)(=O)NCC1CCOCC1. The van der Waals surface area contributed by atoms with Crippen LogP contribution in [-0.2, 0) is 21.3 Å². The second-order valence-corrected chi connectivity index (χ2v) is 8.03. The molecule has 0 aliphatic carbocycles. The van der Waals surface area contributed by atoms with Crippen molar-refractivity contribution in [2.75, 3.05) is 26.3 Å². The minimum Gasteiger partial charge on any atom is -0.381 e. The molecule has 1 aliphatic rings. The number of rotatable bonds is 8. The Balaban J connectivity index is 1.93. The zero-order valence-corrected chi connectivity index (χ0v) is 14.1. The normalized spacial score (nSPS) is 17.2. The van der Waals surface area contributed by atoms with E-state index in [2.05, 4.69) is 17.0 Å². The van der Waals surface area contributed by atoms with Crippen LogP contribution in [0.1, 0.15) is 31.1 Å². The molecule has 0 spiro atoms. The van der Waals surface area contributed by atoms with Crippen molar-refractivity contribution in [1.82, 2.24) is 10.0 Å². The third kappa shape index (κ3) is 5.03. The lowest BCUT2D eigenvalue weighted by molar-refractivity contribution is 0.0678. The van der Waals surface area contributed by atoms with Crippen LogP contribution in [0.15, 0.2) is 16.3 Å². The standard InChI is InChI=1S/C14H24N2O3S2/c1-2-6-15-11-13-14(5-9-20-13)21(17,18)16-10-12-3-7-19-8-4-12/h5,9,12,15-16H,2-4,6-8,10-11H2,1H3. The number of sulfonamides is 1. The van der Waals surface area contributed by atoms with Gasteiger partial charge in [-0.25, -0.2) is 13.1 Å². The second kappa shape index (κ2) is 8.24. The van der Waals surface area contributed by atoms with E-state index in [1.54, 1.807) is 6.07 Å². The van der Waals surface area contributed by atoms with E-state index >= 15 is 0 Å². The van der Waals surface area contributed by atoms with Crippen LogP contribution in [0.5, 0.6) is 0 Å². The van der Waals surface area contributed by atoms with Gasteiger partial charge in [-0.15, -0.1) is 11.3 Å². The lowest BCUT2D eigenvalue weighted by Crippen LogP contribution is -2.32. The molecule has 1 fully saturated rings. The van der Waals surface area contributed by atoms with E-state index in [9.17, 15) is 8.42 Å². The van der Waals surface area contributed by atoms with Gasteiger partial charge in [0.2, 0.25) is 10.0 Å². The number of thiophene rings is 1. The molecule has 1 saturated heterocycles. The van der Waals surface area contributed by atoms with Gasteiger partial charge in [0, 0.05) is 31.2 Å². The minimum atomic E-state index is -3.40. The summed E-state index contributed by atoms with van der Waals surface area (Å²) in [4.78, 5) is 1.30. The van der Waals surface area contributed by atoms with Crippen molar-refractivity contribution in [2.45, 2.75) is 37.6 Å². The van der Waals surface area contributed by atoms with E-state index < -0.39 is 10.0 Å². The van der Waals surface area contributed by atoms with Gasteiger partial charge in [0.25, 0.3) is 0 Å². The van der Waals surface area contributed by atoms with E-state index in [0.717, 1.165) is 43.9 Å². The fourth-order valence-electron chi connectivity index (χ4n) is 2.33. The van der Waals surface area contributed by atoms with Crippen molar-refractivity contribution < 1.29 is 13.2 Å². The Labute approximate surface area is 131 Å². The number of ether oxygens (including phenoxy) is 1. The van der Waals surface area contributed by atoms with E-state index in [-0.39, 0.29) is 0 Å². The smallest absolute Gasteiger partial charge is 0.241 e. The molecule has 2 N–H and O–H groups in total. The predicted octanol–water partition coefficient (Wildman–Crippen LogP) is 1.95. The molecule has 21 heavy (non-hydrogen) atoms. The molecule has 2 rings (SSSR count).